The molecule has 0 radical (unpaired) electrons. The van der Waals surface area contributed by atoms with Crippen molar-refractivity contribution in [1.82, 2.24) is 4.90 Å². The van der Waals surface area contributed by atoms with Crippen LogP contribution in [0.2, 0.25) is 5.02 Å². The van der Waals surface area contributed by atoms with Crippen LogP contribution in [0, 0.1) is 11.2 Å². The normalized spacial score (nSPS) is 20.3. The maximum absolute atomic E-state index is 13.5. The van der Waals surface area contributed by atoms with E-state index < -0.39 is 33.2 Å². The molecule has 0 fully saturated rings. The fourth-order valence-corrected chi connectivity index (χ4v) is 5.80. The quantitative estimate of drug-likeness (QED) is 0.739. The number of carbonyl (C=O) groups excluding carboxylic acids is 1. The minimum Gasteiger partial charge on any atom is -0.509 e. The van der Waals surface area contributed by atoms with E-state index in [-0.39, 0.29) is 39.1 Å². The summed E-state index contributed by atoms with van der Waals surface area (Å²) in [5, 5.41) is 11.1. The highest BCUT2D eigenvalue weighted by Crippen LogP contribution is 2.42. The maximum Gasteiger partial charge on any atom is 0.285 e. The molecule has 0 bridgehead atoms. The highest BCUT2D eigenvalue weighted by molar-refractivity contribution is 7.91. The lowest BCUT2D eigenvalue weighted by atomic mass is 9.84. The van der Waals surface area contributed by atoms with E-state index in [0.29, 0.717) is 5.56 Å². The highest BCUT2D eigenvalue weighted by atomic mass is 35.5. The second-order valence-electron chi connectivity index (χ2n) is 8.62. The molecule has 0 spiro atoms. The van der Waals surface area contributed by atoms with E-state index in [9.17, 15) is 22.7 Å². The second-order valence-corrected chi connectivity index (χ2v) is 10.6. The van der Waals surface area contributed by atoms with Crippen molar-refractivity contribution in [3.05, 3.63) is 75.8 Å². The van der Waals surface area contributed by atoms with Crippen LogP contribution in [-0.4, -0.2) is 36.1 Å². The summed E-state index contributed by atoms with van der Waals surface area (Å²) in [4.78, 5) is 14.7. The minimum absolute atomic E-state index is 0.00248. The molecule has 2 aliphatic rings. The summed E-state index contributed by atoms with van der Waals surface area (Å²) in [5.74, 6) is -1.20. The van der Waals surface area contributed by atoms with Gasteiger partial charge in [0.1, 0.15) is 27.8 Å². The SMILES string of the molecule is CC(C)(C)[C@H]1C(O)=C(C2=NS(=O)(=O)c3c(Cl)cccc32)C(=O)N1Cc1ccc(F)cc1. The average Bonchev–Trinajstić information content (AvgIpc) is 3.07. The molecule has 0 unspecified atom stereocenters. The maximum atomic E-state index is 13.5. The van der Waals surface area contributed by atoms with Crippen molar-refractivity contribution in [2.45, 2.75) is 38.3 Å². The topological polar surface area (TPSA) is 87.0 Å². The summed E-state index contributed by atoms with van der Waals surface area (Å²) in [5.41, 5.74) is 0.000134. The molecule has 2 aromatic carbocycles. The molecule has 1 amide bonds. The molecule has 2 heterocycles. The van der Waals surface area contributed by atoms with Gasteiger partial charge in [-0.3, -0.25) is 4.79 Å². The Morgan fingerprint density at radius 3 is 2.42 bits per heavy atom. The van der Waals surface area contributed by atoms with E-state index in [1.807, 2.05) is 20.8 Å². The summed E-state index contributed by atoms with van der Waals surface area (Å²) in [6.45, 7) is 5.69. The number of halogens is 2. The van der Waals surface area contributed by atoms with E-state index in [1.165, 1.54) is 29.2 Å². The van der Waals surface area contributed by atoms with Crippen LogP contribution < -0.4 is 0 Å². The van der Waals surface area contributed by atoms with Crippen molar-refractivity contribution in [2.75, 3.05) is 0 Å². The van der Waals surface area contributed by atoms with Gasteiger partial charge in [0.15, 0.2) is 0 Å². The van der Waals surface area contributed by atoms with Gasteiger partial charge >= 0.3 is 0 Å². The van der Waals surface area contributed by atoms with Crippen molar-refractivity contribution in [3.8, 4) is 0 Å². The molecule has 1 N–H and O–H groups in total. The van der Waals surface area contributed by atoms with Crippen LogP contribution >= 0.6 is 11.6 Å². The summed E-state index contributed by atoms with van der Waals surface area (Å²) in [7, 11) is -4.11. The van der Waals surface area contributed by atoms with Crippen molar-refractivity contribution in [3.63, 3.8) is 0 Å². The van der Waals surface area contributed by atoms with Crippen LogP contribution in [0.15, 0.2) is 63.1 Å². The number of sulfonamides is 1. The number of rotatable bonds is 3. The number of amides is 1. The zero-order chi connectivity index (χ0) is 22.7. The number of benzene rings is 2. The molecule has 1 atom stereocenters. The van der Waals surface area contributed by atoms with Gasteiger partial charge in [-0.1, -0.05) is 56.6 Å². The molecule has 0 aliphatic carbocycles. The van der Waals surface area contributed by atoms with Crippen molar-refractivity contribution >= 4 is 33.2 Å². The minimum atomic E-state index is -4.11. The van der Waals surface area contributed by atoms with Gasteiger partial charge in [0, 0.05) is 12.1 Å². The smallest absolute Gasteiger partial charge is 0.285 e. The number of nitrogens with zero attached hydrogens (tertiary/aromatic N) is 2. The Kier molecular flexibility index (Phi) is 4.98. The Bertz CT molecular complexity index is 1260. The van der Waals surface area contributed by atoms with E-state index in [4.69, 9.17) is 11.6 Å². The first-order chi connectivity index (χ1) is 14.4. The fourth-order valence-electron chi connectivity index (χ4n) is 4.06. The third kappa shape index (κ3) is 3.53. The summed E-state index contributed by atoms with van der Waals surface area (Å²) in [6, 6.07) is 9.48. The van der Waals surface area contributed by atoms with Crippen molar-refractivity contribution in [2.24, 2.45) is 9.81 Å². The van der Waals surface area contributed by atoms with Gasteiger partial charge in [-0.2, -0.15) is 12.8 Å². The first-order valence-corrected chi connectivity index (χ1v) is 11.4. The molecule has 162 valence electrons. The molecule has 2 aromatic rings. The van der Waals surface area contributed by atoms with Gasteiger partial charge < -0.3 is 10.0 Å². The second kappa shape index (κ2) is 7.17. The van der Waals surface area contributed by atoms with Crippen LogP contribution in [-0.2, 0) is 21.4 Å². The van der Waals surface area contributed by atoms with Crippen LogP contribution in [0.25, 0.3) is 0 Å². The monoisotopic (exact) mass is 462 g/mol. The molecule has 0 saturated heterocycles. The summed E-state index contributed by atoms with van der Waals surface area (Å²) < 4.78 is 42.3. The van der Waals surface area contributed by atoms with E-state index >= 15 is 0 Å². The summed E-state index contributed by atoms with van der Waals surface area (Å²) in [6.07, 6.45) is 0. The Morgan fingerprint density at radius 1 is 1.16 bits per heavy atom. The third-order valence-electron chi connectivity index (χ3n) is 5.32. The lowest BCUT2D eigenvalue weighted by molar-refractivity contribution is -0.129. The standard InChI is InChI=1S/C22H20ClFN2O4S/c1-22(2,3)20-18(27)16(21(28)26(20)11-12-7-9-13(24)10-8-12)17-14-5-4-6-15(23)19(14)31(29,30)25-17/h4-10,20,27H,11H2,1-3H3/t20-/m1/s1. The van der Waals surface area contributed by atoms with E-state index in [0.717, 1.165) is 0 Å². The third-order valence-corrected chi connectivity index (χ3v) is 7.12. The Hall–Kier alpha value is -2.71. The van der Waals surface area contributed by atoms with Crippen LogP contribution in [0.1, 0.15) is 31.9 Å². The Balaban J connectivity index is 1.84. The number of hydrogen-bond acceptors (Lipinski definition) is 4. The lowest BCUT2D eigenvalue weighted by Gasteiger charge is -2.35. The van der Waals surface area contributed by atoms with Crippen LogP contribution in [0.5, 0.6) is 0 Å². The van der Waals surface area contributed by atoms with Crippen molar-refractivity contribution < 1.29 is 22.7 Å². The van der Waals surface area contributed by atoms with Gasteiger partial charge in [-0.05, 0) is 29.2 Å². The first kappa shape index (κ1) is 21.5. The van der Waals surface area contributed by atoms with Gasteiger partial charge in [0.2, 0.25) is 0 Å². The zero-order valence-corrected chi connectivity index (χ0v) is 18.6. The number of fused-ring (bicyclic) bond motifs is 1. The molecule has 0 aromatic heterocycles. The zero-order valence-electron chi connectivity index (χ0n) is 17.1. The predicted molar refractivity (Wildman–Crippen MR) is 115 cm³/mol. The van der Waals surface area contributed by atoms with Gasteiger partial charge in [0.25, 0.3) is 15.9 Å². The van der Waals surface area contributed by atoms with Gasteiger partial charge in [0.05, 0.1) is 11.1 Å². The lowest BCUT2D eigenvalue weighted by Crippen LogP contribution is -2.43. The van der Waals surface area contributed by atoms with Gasteiger partial charge in [-0.15, -0.1) is 0 Å². The van der Waals surface area contributed by atoms with Crippen LogP contribution in [0.3, 0.4) is 0 Å². The largest absolute Gasteiger partial charge is 0.509 e. The number of carbonyl (C=O) groups is 1. The fraction of sp³-hybridized carbons (Fsp3) is 0.273. The number of aliphatic hydroxyl groups is 1. The highest BCUT2D eigenvalue weighted by Gasteiger charge is 2.49. The molecule has 6 nitrogen and oxygen atoms in total. The number of hydrogen-bond donors (Lipinski definition) is 1. The number of aliphatic hydroxyl groups excluding tert-OH is 1. The Labute approximate surface area is 184 Å². The molecule has 2 aliphatic heterocycles. The van der Waals surface area contributed by atoms with Gasteiger partial charge in [-0.25, -0.2) is 4.39 Å². The summed E-state index contributed by atoms with van der Waals surface area (Å²) >= 11 is 6.09. The molecule has 0 saturated carbocycles. The molecule has 4 rings (SSSR count). The van der Waals surface area contributed by atoms with Crippen molar-refractivity contribution in [1.29, 1.82) is 0 Å². The molecular formula is C22H20ClFN2O4S. The van der Waals surface area contributed by atoms with E-state index in [1.54, 1.807) is 18.2 Å². The molecule has 31 heavy (non-hydrogen) atoms. The first-order valence-electron chi connectivity index (χ1n) is 9.54. The van der Waals surface area contributed by atoms with Crippen LogP contribution in [0.4, 0.5) is 4.39 Å². The molecule has 9 heteroatoms. The molecular weight excluding hydrogens is 443 g/mol. The average molecular weight is 463 g/mol. The van der Waals surface area contributed by atoms with E-state index in [2.05, 4.69) is 4.40 Å². The Morgan fingerprint density at radius 2 is 1.81 bits per heavy atom. The predicted octanol–water partition coefficient (Wildman–Crippen LogP) is 4.24.